The van der Waals surface area contributed by atoms with Crippen LogP contribution in [0.5, 0.6) is 0 Å². The highest BCUT2D eigenvalue weighted by Gasteiger charge is 2.64. The third-order valence-corrected chi connectivity index (χ3v) is 4.72. The summed E-state index contributed by atoms with van der Waals surface area (Å²) in [6.07, 6.45) is 1.13. The number of carbonyl (C=O) groups is 3. The van der Waals surface area contributed by atoms with Crippen molar-refractivity contribution in [3.63, 3.8) is 0 Å². The van der Waals surface area contributed by atoms with Crippen molar-refractivity contribution in [3.05, 3.63) is 35.9 Å². The second kappa shape index (κ2) is 4.54. The maximum atomic E-state index is 12.6. The summed E-state index contributed by atoms with van der Waals surface area (Å²) < 4.78 is 4.90. The minimum absolute atomic E-state index is 0.0409. The Hall–Kier alpha value is -1.97. The number of Topliss-reactive ketones (excluding diaryl/α,β-unsaturated/α-hetero) is 2. The number of methoxy groups -OCH3 is 1. The van der Waals surface area contributed by atoms with Gasteiger partial charge in [0.25, 0.3) is 0 Å². The van der Waals surface area contributed by atoms with E-state index in [1.54, 1.807) is 0 Å². The monoisotopic (exact) mass is 272 g/mol. The fraction of sp³-hybridized carbons (Fsp3) is 0.438. The summed E-state index contributed by atoms with van der Waals surface area (Å²) in [7, 11) is 1.30. The lowest BCUT2D eigenvalue weighted by Gasteiger charge is -2.36. The number of fused-ring (bicyclic) bond motifs is 2. The van der Waals surface area contributed by atoms with Gasteiger partial charge < -0.3 is 4.74 Å². The van der Waals surface area contributed by atoms with Gasteiger partial charge in [0.2, 0.25) is 0 Å². The molecule has 2 aliphatic rings. The molecule has 104 valence electrons. The molecule has 4 nitrogen and oxygen atoms in total. The number of carbonyl (C=O) groups excluding carboxylic acids is 3. The molecule has 0 saturated heterocycles. The lowest BCUT2D eigenvalue weighted by atomic mass is 9.63. The first-order chi connectivity index (χ1) is 9.61. The zero-order chi connectivity index (χ0) is 14.3. The van der Waals surface area contributed by atoms with Gasteiger partial charge in [-0.25, -0.2) is 0 Å². The van der Waals surface area contributed by atoms with Gasteiger partial charge in [0.1, 0.15) is 11.2 Å². The van der Waals surface area contributed by atoms with Crippen molar-refractivity contribution in [2.24, 2.45) is 11.3 Å². The average molecular weight is 272 g/mol. The molecule has 0 amide bonds. The van der Waals surface area contributed by atoms with Crippen LogP contribution in [0.3, 0.4) is 0 Å². The van der Waals surface area contributed by atoms with Gasteiger partial charge in [-0.2, -0.15) is 0 Å². The predicted molar refractivity (Wildman–Crippen MR) is 71.0 cm³/mol. The van der Waals surface area contributed by atoms with Gasteiger partial charge in [-0.3, -0.25) is 14.4 Å². The molecule has 0 heterocycles. The molecule has 0 spiro atoms. The highest BCUT2D eigenvalue weighted by molar-refractivity contribution is 6.18. The molecule has 2 saturated carbocycles. The lowest BCUT2D eigenvalue weighted by Crippen LogP contribution is -2.48. The maximum Gasteiger partial charge on any atom is 0.320 e. The third kappa shape index (κ3) is 1.57. The highest BCUT2D eigenvalue weighted by Crippen LogP contribution is 2.55. The molecular weight excluding hydrogens is 256 g/mol. The van der Waals surface area contributed by atoms with Crippen LogP contribution in [0.4, 0.5) is 0 Å². The van der Waals surface area contributed by atoms with Crippen LogP contribution in [0, 0.1) is 11.3 Å². The summed E-state index contributed by atoms with van der Waals surface area (Å²) in [5.74, 6) is -1.77. The van der Waals surface area contributed by atoms with Crippen molar-refractivity contribution in [2.45, 2.75) is 25.2 Å². The van der Waals surface area contributed by atoms with Gasteiger partial charge in [0.15, 0.2) is 5.78 Å². The van der Waals surface area contributed by atoms with E-state index in [0.29, 0.717) is 12.8 Å². The molecule has 2 aliphatic carbocycles. The Morgan fingerprint density at radius 2 is 1.95 bits per heavy atom. The smallest absolute Gasteiger partial charge is 0.320 e. The number of ether oxygens (including phenoxy) is 1. The summed E-state index contributed by atoms with van der Waals surface area (Å²) in [6, 6.07) is 9.33. The Bertz CT molecular complexity index is 577. The normalized spacial score (nSPS) is 32.2. The Morgan fingerprint density at radius 1 is 1.25 bits per heavy atom. The van der Waals surface area contributed by atoms with E-state index in [-0.39, 0.29) is 18.0 Å². The number of benzene rings is 1. The van der Waals surface area contributed by atoms with Gasteiger partial charge in [-0.1, -0.05) is 30.3 Å². The van der Waals surface area contributed by atoms with Crippen LogP contribution in [-0.4, -0.2) is 24.6 Å². The molecule has 0 aromatic heterocycles. The first-order valence-corrected chi connectivity index (χ1v) is 6.81. The molecule has 2 bridgehead atoms. The fourth-order valence-corrected chi connectivity index (χ4v) is 3.72. The minimum atomic E-state index is -1.16. The summed E-state index contributed by atoms with van der Waals surface area (Å²) >= 11 is 0. The Morgan fingerprint density at radius 3 is 2.60 bits per heavy atom. The molecule has 0 unspecified atom stereocenters. The topological polar surface area (TPSA) is 60.4 Å². The van der Waals surface area contributed by atoms with Crippen molar-refractivity contribution < 1.29 is 19.1 Å². The molecule has 2 fully saturated rings. The third-order valence-electron chi connectivity index (χ3n) is 4.72. The van der Waals surface area contributed by atoms with Crippen LogP contribution in [0.15, 0.2) is 30.3 Å². The molecule has 1 aromatic carbocycles. The molecular formula is C16H16O4. The summed E-state index contributed by atoms with van der Waals surface area (Å²) in [4.78, 5) is 37.0. The van der Waals surface area contributed by atoms with Crippen LogP contribution in [0.2, 0.25) is 0 Å². The van der Waals surface area contributed by atoms with Crippen molar-refractivity contribution in [3.8, 4) is 0 Å². The molecule has 20 heavy (non-hydrogen) atoms. The molecule has 0 N–H and O–H groups in total. The maximum absolute atomic E-state index is 12.6. The number of hydrogen-bond donors (Lipinski definition) is 0. The molecule has 0 radical (unpaired) electrons. The molecule has 1 aromatic rings. The second-order valence-electron chi connectivity index (χ2n) is 5.55. The van der Waals surface area contributed by atoms with Gasteiger partial charge in [-0.05, 0) is 18.4 Å². The van der Waals surface area contributed by atoms with Crippen LogP contribution in [0.25, 0.3) is 0 Å². The zero-order valence-corrected chi connectivity index (χ0v) is 11.3. The summed E-state index contributed by atoms with van der Waals surface area (Å²) in [5, 5.41) is 0. The van der Waals surface area contributed by atoms with E-state index in [2.05, 4.69) is 0 Å². The highest BCUT2D eigenvalue weighted by atomic mass is 16.5. The number of esters is 1. The Balaban J connectivity index is 2.13. The molecule has 0 aliphatic heterocycles. The first kappa shape index (κ1) is 13.0. The largest absolute Gasteiger partial charge is 0.468 e. The summed E-state index contributed by atoms with van der Waals surface area (Å²) in [6.45, 7) is 0. The van der Waals surface area contributed by atoms with E-state index in [9.17, 15) is 14.4 Å². The molecule has 3 rings (SSSR count). The van der Waals surface area contributed by atoms with Gasteiger partial charge in [0.05, 0.1) is 13.0 Å². The number of hydrogen-bond acceptors (Lipinski definition) is 4. The van der Waals surface area contributed by atoms with E-state index in [1.807, 2.05) is 30.3 Å². The fourth-order valence-electron chi connectivity index (χ4n) is 3.72. The Labute approximate surface area is 117 Å². The van der Waals surface area contributed by atoms with Crippen LogP contribution < -0.4 is 0 Å². The number of ketones is 2. The second-order valence-corrected chi connectivity index (χ2v) is 5.55. The quantitative estimate of drug-likeness (QED) is 0.609. The van der Waals surface area contributed by atoms with Crippen LogP contribution >= 0.6 is 0 Å². The number of rotatable bonds is 2. The van der Waals surface area contributed by atoms with Crippen molar-refractivity contribution in [1.82, 2.24) is 0 Å². The van der Waals surface area contributed by atoms with E-state index in [1.165, 1.54) is 7.11 Å². The first-order valence-electron chi connectivity index (χ1n) is 6.81. The predicted octanol–water partition coefficient (Wildman–Crippen LogP) is 1.88. The van der Waals surface area contributed by atoms with E-state index in [0.717, 1.165) is 5.56 Å². The molecule has 3 atom stereocenters. The average Bonchev–Trinajstić information content (AvgIpc) is 2.73. The van der Waals surface area contributed by atoms with E-state index >= 15 is 0 Å². The van der Waals surface area contributed by atoms with Crippen molar-refractivity contribution in [2.75, 3.05) is 7.11 Å². The lowest BCUT2D eigenvalue weighted by molar-refractivity contribution is -0.161. The van der Waals surface area contributed by atoms with Gasteiger partial charge >= 0.3 is 5.97 Å². The van der Waals surface area contributed by atoms with Crippen molar-refractivity contribution in [1.29, 1.82) is 0 Å². The minimum Gasteiger partial charge on any atom is -0.468 e. The van der Waals surface area contributed by atoms with Crippen LogP contribution in [0.1, 0.15) is 30.7 Å². The standard InChI is InChI=1S/C16H16O4/c1-20-15(19)16-8-7-11(14(16)18)13(17)9-12(16)10-5-3-2-4-6-10/h2-6,11-12H,7-9H2,1H3/t11-,12-,16-/m0/s1. The van der Waals surface area contributed by atoms with Crippen LogP contribution in [-0.2, 0) is 19.1 Å². The van der Waals surface area contributed by atoms with Gasteiger partial charge in [-0.15, -0.1) is 0 Å². The van der Waals surface area contributed by atoms with Gasteiger partial charge in [0, 0.05) is 12.3 Å². The van der Waals surface area contributed by atoms with Crippen molar-refractivity contribution >= 4 is 17.5 Å². The summed E-state index contributed by atoms with van der Waals surface area (Å²) in [5.41, 5.74) is -0.297. The zero-order valence-electron chi connectivity index (χ0n) is 11.3. The van der Waals surface area contributed by atoms with E-state index < -0.39 is 23.2 Å². The Kier molecular flexibility index (Phi) is 2.96. The molecule has 4 heteroatoms. The van der Waals surface area contributed by atoms with E-state index in [4.69, 9.17) is 4.74 Å². The SMILES string of the molecule is COC(=O)[C@@]12CC[C@@H](C(=O)C[C@H]1c1ccccc1)C2=O.